The topological polar surface area (TPSA) is 52.0 Å². The lowest BCUT2D eigenvalue weighted by Gasteiger charge is -2.26. The van der Waals surface area contributed by atoms with Crippen LogP contribution in [0.15, 0.2) is 33.8 Å². The van der Waals surface area contributed by atoms with Crippen molar-refractivity contribution in [1.29, 1.82) is 0 Å². The Labute approximate surface area is 108 Å². The van der Waals surface area contributed by atoms with Crippen LogP contribution in [0.25, 0.3) is 0 Å². The number of hydrogen-bond donors (Lipinski definition) is 2. The van der Waals surface area contributed by atoms with E-state index >= 15 is 0 Å². The molecule has 0 bridgehead atoms. The molecule has 0 aromatic rings. The summed E-state index contributed by atoms with van der Waals surface area (Å²) in [7, 11) is 3.94. The van der Waals surface area contributed by atoms with E-state index in [0.29, 0.717) is 0 Å². The molecule has 2 N–H and O–H groups in total. The van der Waals surface area contributed by atoms with Crippen molar-refractivity contribution in [1.82, 2.24) is 15.5 Å². The predicted octanol–water partition coefficient (Wildman–Crippen LogP) is 1.08. The quantitative estimate of drug-likeness (QED) is 0.784. The monoisotopic (exact) mass is 247 g/mol. The second-order valence-electron chi connectivity index (χ2n) is 4.69. The number of nitrogens with zero attached hydrogens (tertiary/aromatic N) is 3. The molecule has 2 aliphatic rings. The Morgan fingerprint density at radius 1 is 1.50 bits per heavy atom. The number of hydrogen-bond acceptors (Lipinski definition) is 3. The van der Waals surface area contributed by atoms with Gasteiger partial charge in [0.15, 0.2) is 5.96 Å². The zero-order chi connectivity index (χ0) is 13.0. The average Bonchev–Trinajstić information content (AvgIpc) is 2.81. The van der Waals surface area contributed by atoms with Crippen molar-refractivity contribution in [2.75, 3.05) is 20.6 Å². The third-order valence-electron chi connectivity index (χ3n) is 2.83. The Morgan fingerprint density at radius 2 is 2.33 bits per heavy atom. The summed E-state index contributed by atoms with van der Waals surface area (Å²) < 4.78 is 0. The predicted molar refractivity (Wildman–Crippen MR) is 75.6 cm³/mol. The van der Waals surface area contributed by atoms with Gasteiger partial charge in [-0.15, -0.1) is 0 Å². The standard InChI is InChI=1S/C13H21N5/c1-10-15-12(17-13(16-10)18(2)3)14-9-8-11-6-4-5-7-11/h4,6-7,10H,5,8-9H2,1-3H3,(H2,14,15,16,17). The van der Waals surface area contributed by atoms with Gasteiger partial charge in [-0.3, -0.25) is 10.3 Å². The van der Waals surface area contributed by atoms with Gasteiger partial charge in [-0.25, -0.2) is 4.99 Å². The minimum atomic E-state index is 0.0630. The largest absolute Gasteiger partial charge is 0.349 e. The van der Waals surface area contributed by atoms with Crippen molar-refractivity contribution >= 4 is 11.9 Å². The SMILES string of the molecule is CC1N=C(N(C)C)NC(=NCCC2=CCC=C2)N1. The summed E-state index contributed by atoms with van der Waals surface area (Å²) in [5, 5.41) is 6.40. The zero-order valence-corrected chi connectivity index (χ0v) is 11.3. The molecule has 0 fully saturated rings. The van der Waals surface area contributed by atoms with Crippen LogP contribution in [0.5, 0.6) is 0 Å². The molecule has 0 saturated carbocycles. The summed E-state index contributed by atoms with van der Waals surface area (Å²) in [6.45, 7) is 2.81. The van der Waals surface area contributed by atoms with Gasteiger partial charge < -0.3 is 10.2 Å². The minimum Gasteiger partial charge on any atom is -0.349 e. The second-order valence-corrected chi connectivity index (χ2v) is 4.69. The van der Waals surface area contributed by atoms with Gasteiger partial charge in [0, 0.05) is 20.6 Å². The highest BCUT2D eigenvalue weighted by Crippen LogP contribution is 2.12. The molecule has 98 valence electrons. The van der Waals surface area contributed by atoms with Crippen LogP contribution in [0, 0.1) is 0 Å². The number of rotatable bonds is 3. The first-order valence-corrected chi connectivity index (χ1v) is 6.34. The molecule has 1 heterocycles. The summed E-state index contributed by atoms with van der Waals surface area (Å²) in [6, 6.07) is 0. The van der Waals surface area contributed by atoms with Gasteiger partial charge in [0.1, 0.15) is 6.17 Å². The Morgan fingerprint density at radius 3 is 3.00 bits per heavy atom. The van der Waals surface area contributed by atoms with E-state index in [1.165, 1.54) is 5.57 Å². The molecule has 5 heteroatoms. The lowest BCUT2D eigenvalue weighted by Crippen LogP contribution is -2.53. The summed E-state index contributed by atoms with van der Waals surface area (Å²) in [6.07, 6.45) is 8.73. The van der Waals surface area contributed by atoms with Crippen molar-refractivity contribution in [3.05, 3.63) is 23.8 Å². The minimum absolute atomic E-state index is 0.0630. The summed E-state index contributed by atoms with van der Waals surface area (Å²) >= 11 is 0. The van der Waals surface area contributed by atoms with Crippen molar-refractivity contribution < 1.29 is 0 Å². The molecule has 5 nitrogen and oxygen atoms in total. The van der Waals surface area contributed by atoms with Crippen LogP contribution in [-0.4, -0.2) is 43.6 Å². The molecule has 0 radical (unpaired) electrons. The van der Waals surface area contributed by atoms with Gasteiger partial charge in [0.25, 0.3) is 0 Å². The maximum absolute atomic E-state index is 4.54. The van der Waals surface area contributed by atoms with Crippen LogP contribution in [-0.2, 0) is 0 Å². The maximum Gasteiger partial charge on any atom is 0.202 e. The fourth-order valence-corrected chi connectivity index (χ4v) is 1.89. The molecule has 2 rings (SSSR count). The summed E-state index contributed by atoms with van der Waals surface area (Å²) in [5.74, 6) is 1.66. The van der Waals surface area contributed by atoms with Crippen LogP contribution in [0.1, 0.15) is 19.8 Å². The van der Waals surface area contributed by atoms with E-state index < -0.39 is 0 Å². The number of guanidine groups is 2. The molecule has 0 spiro atoms. The highest BCUT2D eigenvalue weighted by Gasteiger charge is 2.15. The maximum atomic E-state index is 4.54. The Kier molecular flexibility index (Phi) is 4.02. The Balaban J connectivity index is 1.89. The Bertz CT molecular complexity index is 417. The van der Waals surface area contributed by atoms with Crippen molar-refractivity contribution in [3.8, 4) is 0 Å². The van der Waals surface area contributed by atoms with E-state index in [1.807, 2.05) is 25.9 Å². The lowest BCUT2D eigenvalue weighted by molar-refractivity contribution is 0.559. The molecule has 1 aliphatic carbocycles. The van der Waals surface area contributed by atoms with Gasteiger partial charge in [-0.05, 0) is 19.8 Å². The number of aliphatic imine (C=N–C) groups is 2. The van der Waals surface area contributed by atoms with Crippen LogP contribution in [0.2, 0.25) is 0 Å². The highest BCUT2D eigenvalue weighted by molar-refractivity contribution is 6.00. The van der Waals surface area contributed by atoms with E-state index in [0.717, 1.165) is 31.3 Å². The van der Waals surface area contributed by atoms with Gasteiger partial charge in [0.2, 0.25) is 5.96 Å². The normalized spacial score (nSPS) is 24.4. The molecule has 1 atom stereocenters. The first-order chi connectivity index (χ1) is 8.65. The van der Waals surface area contributed by atoms with Crippen LogP contribution in [0.4, 0.5) is 0 Å². The number of nitrogens with one attached hydrogen (secondary N) is 2. The van der Waals surface area contributed by atoms with E-state index in [4.69, 9.17) is 0 Å². The first kappa shape index (κ1) is 12.7. The summed E-state index contributed by atoms with van der Waals surface area (Å²) in [4.78, 5) is 10.9. The molecule has 18 heavy (non-hydrogen) atoms. The third-order valence-corrected chi connectivity index (χ3v) is 2.83. The third kappa shape index (κ3) is 3.35. The molecule has 0 aromatic heterocycles. The fraction of sp³-hybridized carbons (Fsp3) is 0.538. The molecule has 1 unspecified atom stereocenters. The lowest BCUT2D eigenvalue weighted by atomic mass is 10.2. The fourth-order valence-electron chi connectivity index (χ4n) is 1.89. The zero-order valence-electron chi connectivity index (χ0n) is 11.3. The second kappa shape index (κ2) is 5.71. The molecule has 0 saturated heterocycles. The van der Waals surface area contributed by atoms with Crippen molar-refractivity contribution in [2.45, 2.75) is 25.9 Å². The Hall–Kier alpha value is -1.78. The van der Waals surface area contributed by atoms with Crippen molar-refractivity contribution in [2.24, 2.45) is 9.98 Å². The van der Waals surface area contributed by atoms with Crippen LogP contribution in [0.3, 0.4) is 0 Å². The molecule has 0 amide bonds. The van der Waals surface area contributed by atoms with Crippen molar-refractivity contribution in [3.63, 3.8) is 0 Å². The molecule has 1 aliphatic heterocycles. The number of allylic oxidation sites excluding steroid dienone is 3. The molecule has 0 aromatic carbocycles. The van der Waals surface area contributed by atoms with Gasteiger partial charge in [-0.2, -0.15) is 0 Å². The van der Waals surface area contributed by atoms with E-state index in [1.54, 1.807) is 0 Å². The van der Waals surface area contributed by atoms with E-state index in [2.05, 4.69) is 38.8 Å². The van der Waals surface area contributed by atoms with Gasteiger partial charge >= 0.3 is 0 Å². The van der Waals surface area contributed by atoms with Gasteiger partial charge in [0.05, 0.1) is 0 Å². The van der Waals surface area contributed by atoms with Crippen LogP contribution < -0.4 is 10.6 Å². The smallest absolute Gasteiger partial charge is 0.202 e. The first-order valence-electron chi connectivity index (χ1n) is 6.34. The van der Waals surface area contributed by atoms with E-state index in [9.17, 15) is 0 Å². The van der Waals surface area contributed by atoms with Crippen LogP contribution >= 0.6 is 0 Å². The van der Waals surface area contributed by atoms with E-state index in [-0.39, 0.29) is 6.17 Å². The van der Waals surface area contributed by atoms with Gasteiger partial charge in [-0.1, -0.05) is 23.8 Å². The highest BCUT2D eigenvalue weighted by atomic mass is 15.4. The molecular formula is C13H21N5. The average molecular weight is 247 g/mol. The summed E-state index contributed by atoms with van der Waals surface area (Å²) in [5.41, 5.74) is 1.38. The molecular weight excluding hydrogens is 226 g/mol.